The van der Waals surface area contributed by atoms with Gasteiger partial charge in [0.15, 0.2) is 28.9 Å². The van der Waals surface area contributed by atoms with Gasteiger partial charge < -0.3 is 9.73 Å². The predicted molar refractivity (Wildman–Crippen MR) is 113 cm³/mol. The number of anilines is 1. The van der Waals surface area contributed by atoms with Gasteiger partial charge >= 0.3 is 0 Å². The molecule has 1 amide bonds. The van der Waals surface area contributed by atoms with Gasteiger partial charge in [-0.15, -0.1) is 11.3 Å². The van der Waals surface area contributed by atoms with E-state index in [9.17, 15) is 9.59 Å². The Bertz CT molecular complexity index is 1240. The van der Waals surface area contributed by atoms with E-state index in [0.717, 1.165) is 16.1 Å². The fourth-order valence-corrected chi connectivity index (χ4v) is 3.76. The number of benzene rings is 1. The fourth-order valence-electron chi connectivity index (χ4n) is 2.94. The maximum atomic E-state index is 12.8. The number of thiazole rings is 1. The van der Waals surface area contributed by atoms with Crippen LogP contribution in [0.15, 0.2) is 46.3 Å². The SMILES string of the molecule is CC(=O)c1csc(Cn2ccc(NC(=O)c3nc(C)oc3-c3cccc(C)c3)n2)n1. The first kappa shape index (κ1) is 19.7. The molecule has 0 fully saturated rings. The molecule has 0 saturated carbocycles. The largest absolute Gasteiger partial charge is 0.440 e. The van der Waals surface area contributed by atoms with Gasteiger partial charge in [-0.1, -0.05) is 23.8 Å². The van der Waals surface area contributed by atoms with Gasteiger partial charge in [0.25, 0.3) is 5.91 Å². The minimum Gasteiger partial charge on any atom is -0.440 e. The van der Waals surface area contributed by atoms with Crippen LogP contribution in [-0.4, -0.2) is 31.4 Å². The molecule has 0 aliphatic heterocycles. The number of carbonyl (C=O) groups excluding carboxylic acids is 2. The van der Waals surface area contributed by atoms with E-state index < -0.39 is 5.91 Å². The fraction of sp³-hybridized carbons (Fsp3) is 0.190. The molecule has 9 heteroatoms. The third-order valence-corrected chi connectivity index (χ3v) is 5.15. The Morgan fingerprint density at radius 2 is 2.03 bits per heavy atom. The number of ketones is 1. The lowest BCUT2D eigenvalue weighted by molar-refractivity contribution is 0.100. The zero-order valence-corrected chi connectivity index (χ0v) is 17.5. The Balaban J connectivity index is 1.50. The Morgan fingerprint density at radius 1 is 1.20 bits per heavy atom. The number of amides is 1. The molecule has 0 aliphatic rings. The van der Waals surface area contributed by atoms with Gasteiger partial charge in [0.05, 0.1) is 6.54 Å². The van der Waals surface area contributed by atoms with Crippen molar-refractivity contribution in [2.45, 2.75) is 27.3 Å². The summed E-state index contributed by atoms with van der Waals surface area (Å²) < 4.78 is 7.34. The standard InChI is InChI=1S/C21H19N5O3S/c1-12-5-4-6-15(9-12)20-19(22-14(3)29-20)21(28)24-17-7-8-26(25-17)10-18-23-16(11-30-18)13(2)27/h4-9,11H,10H2,1-3H3,(H,24,25,28). The first-order valence-electron chi connectivity index (χ1n) is 9.23. The number of rotatable bonds is 6. The highest BCUT2D eigenvalue weighted by molar-refractivity contribution is 7.09. The normalized spacial score (nSPS) is 10.9. The van der Waals surface area contributed by atoms with Crippen LogP contribution in [0.25, 0.3) is 11.3 Å². The molecular formula is C21H19N5O3S. The highest BCUT2D eigenvalue weighted by Crippen LogP contribution is 2.26. The van der Waals surface area contributed by atoms with Crippen molar-refractivity contribution in [1.29, 1.82) is 0 Å². The summed E-state index contributed by atoms with van der Waals surface area (Å²) in [5.74, 6) is 0.749. The molecule has 0 atom stereocenters. The van der Waals surface area contributed by atoms with Gasteiger partial charge in [-0.05, 0) is 13.0 Å². The van der Waals surface area contributed by atoms with Crippen LogP contribution in [0.2, 0.25) is 0 Å². The van der Waals surface area contributed by atoms with Gasteiger partial charge in [0.2, 0.25) is 0 Å². The van der Waals surface area contributed by atoms with E-state index in [2.05, 4.69) is 20.4 Å². The molecular weight excluding hydrogens is 402 g/mol. The second kappa shape index (κ2) is 8.03. The zero-order chi connectivity index (χ0) is 21.3. The van der Waals surface area contributed by atoms with Crippen molar-refractivity contribution in [3.05, 3.63) is 69.8 Å². The highest BCUT2D eigenvalue weighted by Gasteiger charge is 2.21. The molecule has 3 heterocycles. The number of aryl methyl sites for hydroxylation is 2. The highest BCUT2D eigenvalue weighted by atomic mass is 32.1. The van der Waals surface area contributed by atoms with Crippen LogP contribution in [0.3, 0.4) is 0 Å². The number of Topliss-reactive ketones (excluding diaryl/α,β-unsaturated/α-hetero) is 1. The van der Waals surface area contributed by atoms with E-state index in [1.807, 2.05) is 31.2 Å². The molecule has 0 radical (unpaired) electrons. The number of hydrogen-bond donors (Lipinski definition) is 1. The summed E-state index contributed by atoms with van der Waals surface area (Å²) >= 11 is 1.39. The summed E-state index contributed by atoms with van der Waals surface area (Å²) in [6, 6.07) is 9.39. The molecule has 3 aromatic heterocycles. The van der Waals surface area contributed by atoms with E-state index in [1.165, 1.54) is 18.3 Å². The predicted octanol–water partition coefficient (Wildman–Crippen LogP) is 4.11. The van der Waals surface area contributed by atoms with Gasteiger partial charge in [0.1, 0.15) is 10.7 Å². The Morgan fingerprint density at radius 3 is 2.77 bits per heavy atom. The van der Waals surface area contributed by atoms with Crippen molar-refractivity contribution < 1.29 is 14.0 Å². The lowest BCUT2D eigenvalue weighted by Crippen LogP contribution is -2.14. The molecule has 8 nitrogen and oxygen atoms in total. The topological polar surface area (TPSA) is 103 Å². The van der Waals surface area contributed by atoms with Crippen LogP contribution >= 0.6 is 11.3 Å². The van der Waals surface area contributed by atoms with Gasteiger partial charge in [-0.25, -0.2) is 9.97 Å². The number of nitrogens with one attached hydrogen (secondary N) is 1. The summed E-state index contributed by atoms with van der Waals surface area (Å²) in [6.07, 6.45) is 1.74. The van der Waals surface area contributed by atoms with E-state index in [-0.39, 0.29) is 11.5 Å². The van der Waals surface area contributed by atoms with Crippen LogP contribution in [0.5, 0.6) is 0 Å². The Kier molecular flexibility index (Phi) is 5.28. The summed E-state index contributed by atoms with van der Waals surface area (Å²) in [5, 5.41) is 9.60. The maximum Gasteiger partial charge on any atom is 0.279 e. The van der Waals surface area contributed by atoms with E-state index in [4.69, 9.17) is 4.42 Å². The van der Waals surface area contributed by atoms with Crippen molar-refractivity contribution in [3.63, 3.8) is 0 Å². The summed E-state index contributed by atoms with van der Waals surface area (Å²) in [7, 11) is 0. The molecule has 1 aromatic carbocycles. The molecule has 0 unspecified atom stereocenters. The zero-order valence-electron chi connectivity index (χ0n) is 16.7. The van der Waals surface area contributed by atoms with Crippen molar-refractivity contribution >= 4 is 28.8 Å². The molecule has 0 saturated heterocycles. The number of nitrogens with zero attached hydrogens (tertiary/aromatic N) is 4. The van der Waals surface area contributed by atoms with Gasteiger partial charge in [-0.2, -0.15) is 5.10 Å². The Hall–Kier alpha value is -3.59. The average molecular weight is 421 g/mol. The summed E-state index contributed by atoms with van der Waals surface area (Å²) in [5.41, 5.74) is 2.50. The number of carbonyl (C=O) groups is 2. The second-order valence-electron chi connectivity index (χ2n) is 6.82. The first-order chi connectivity index (χ1) is 14.4. The molecule has 0 bridgehead atoms. The third-order valence-electron chi connectivity index (χ3n) is 4.32. The average Bonchev–Trinajstić information content (AvgIpc) is 3.42. The molecule has 152 valence electrons. The van der Waals surface area contributed by atoms with Crippen molar-refractivity contribution in [2.24, 2.45) is 0 Å². The van der Waals surface area contributed by atoms with Gasteiger partial charge in [0, 0.05) is 37.1 Å². The van der Waals surface area contributed by atoms with E-state index in [0.29, 0.717) is 29.7 Å². The van der Waals surface area contributed by atoms with Crippen LogP contribution in [0.1, 0.15) is 44.4 Å². The smallest absolute Gasteiger partial charge is 0.279 e. The first-order valence-corrected chi connectivity index (χ1v) is 10.1. The molecule has 4 aromatic rings. The lowest BCUT2D eigenvalue weighted by Gasteiger charge is -2.03. The number of hydrogen-bond acceptors (Lipinski definition) is 7. The minimum atomic E-state index is -0.401. The monoisotopic (exact) mass is 421 g/mol. The van der Waals surface area contributed by atoms with Crippen LogP contribution < -0.4 is 5.32 Å². The molecule has 4 rings (SSSR count). The van der Waals surface area contributed by atoms with Crippen LogP contribution in [0, 0.1) is 13.8 Å². The Labute approximate surface area is 176 Å². The van der Waals surface area contributed by atoms with Crippen molar-refractivity contribution in [1.82, 2.24) is 19.7 Å². The third kappa shape index (κ3) is 4.20. The maximum absolute atomic E-state index is 12.8. The van der Waals surface area contributed by atoms with E-state index in [1.54, 1.807) is 29.2 Å². The van der Waals surface area contributed by atoms with Crippen LogP contribution in [0.4, 0.5) is 5.82 Å². The lowest BCUT2D eigenvalue weighted by atomic mass is 10.1. The van der Waals surface area contributed by atoms with Gasteiger partial charge in [-0.3, -0.25) is 14.3 Å². The second-order valence-corrected chi connectivity index (χ2v) is 7.76. The number of aromatic nitrogens is 4. The summed E-state index contributed by atoms with van der Waals surface area (Å²) in [6.45, 7) is 5.57. The molecule has 0 aliphatic carbocycles. The number of oxazole rings is 1. The quantitative estimate of drug-likeness (QED) is 0.470. The molecule has 1 N–H and O–H groups in total. The molecule has 30 heavy (non-hydrogen) atoms. The van der Waals surface area contributed by atoms with E-state index >= 15 is 0 Å². The molecule has 0 spiro atoms. The van der Waals surface area contributed by atoms with Crippen molar-refractivity contribution in [3.8, 4) is 11.3 Å². The summed E-state index contributed by atoms with van der Waals surface area (Å²) in [4.78, 5) is 32.7. The van der Waals surface area contributed by atoms with Crippen LogP contribution in [-0.2, 0) is 6.54 Å². The minimum absolute atomic E-state index is 0.0711. The van der Waals surface area contributed by atoms with Crippen molar-refractivity contribution in [2.75, 3.05) is 5.32 Å².